The maximum atomic E-state index is 12.5. The first-order valence-corrected chi connectivity index (χ1v) is 9.55. The summed E-state index contributed by atoms with van der Waals surface area (Å²) in [6, 6.07) is 17.4. The number of para-hydroxylation sites is 1. The molecule has 0 radical (unpaired) electrons. The fraction of sp³-hybridized carbons (Fsp3) is 0.364. The number of carbonyl (C=O) groups is 2. The van der Waals surface area contributed by atoms with E-state index in [9.17, 15) is 9.59 Å². The standard InChI is InChI=1S/C22H27N3O2/c1-16(2)20(24-18-7-4-3-5-8-18)15-23-22(27)17-10-12-19(13-11-17)25-14-6-9-21(25)26/h3-5,7-8,10-13,16,20,24H,6,9,14-15H2,1-2H3,(H,23,27). The smallest absolute Gasteiger partial charge is 0.251 e. The lowest BCUT2D eigenvalue weighted by molar-refractivity contribution is -0.117. The third-order valence-corrected chi connectivity index (χ3v) is 4.93. The highest BCUT2D eigenvalue weighted by Crippen LogP contribution is 2.21. The van der Waals surface area contributed by atoms with E-state index in [2.05, 4.69) is 24.5 Å². The number of hydrogen-bond acceptors (Lipinski definition) is 3. The molecule has 2 aromatic carbocycles. The summed E-state index contributed by atoms with van der Waals surface area (Å²) in [5, 5.41) is 6.49. The van der Waals surface area contributed by atoms with E-state index < -0.39 is 0 Å². The van der Waals surface area contributed by atoms with Crippen LogP contribution in [0.4, 0.5) is 11.4 Å². The molecule has 142 valence electrons. The summed E-state index contributed by atoms with van der Waals surface area (Å²) in [6.45, 7) is 5.56. The first-order valence-electron chi connectivity index (χ1n) is 9.55. The molecule has 0 saturated carbocycles. The average molecular weight is 365 g/mol. The van der Waals surface area contributed by atoms with Gasteiger partial charge in [0.2, 0.25) is 5.91 Å². The summed E-state index contributed by atoms with van der Waals surface area (Å²) in [6.07, 6.45) is 1.50. The van der Waals surface area contributed by atoms with Gasteiger partial charge in [-0.3, -0.25) is 9.59 Å². The Kier molecular flexibility index (Phi) is 6.12. The number of benzene rings is 2. The minimum absolute atomic E-state index is 0.102. The molecule has 2 amide bonds. The number of anilines is 2. The fourth-order valence-electron chi connectivity index (χ4n) is 3.22. The summed E-state index contributed by atoms with van der Waals surface area (Å²) in [4.78, 5) is 26.1. The van der Waals surface area contributed by atoms with Gasteiger partial charge in [0.1, 0.15) is 0 Å². The van der Waals surface area contributed by atoms with Gasteiger partial charge in [0.25, 0.3) is 5.91 Å². The van der Waals surface area contributed by atoms with Crippen LogP contribution in [-0.4, -0.2) is 30.9 Å². The largest absolute Gasteiger partial charge is 0.380 e. The normalized spacial score (nSPS) is 15.1. The number of nitrogens with one attached hydrogen (secondary N) is 2. The zero-order chi connectivity index (χ0) is 19.2. The highest BCUT2D eigenvalue weighted by Gasteiger charge is 2.22. The van der Waals surface area contributed by atoms with Crippen molar-refractivity contribution >= 4 is 23.2 Å². The van der Waals surface area contributed by atoms with Gasteiger partial charge in [0.05, 0.1) is 0 Å². The quantitative estimate of drug-likeness (QED) is 0.787. The van der Waals surface area contributed by atoms with Crippen LogP contribution in [0.3, 0.4) is 0 Å². The van der Waals surface area contributed by atoms with E-state index in [1.807, 2.05) is 42.5 Å². The first kappa shape index (κ1) is 19.0. The maximum absolute atomic E-state index is 12.5. The number of hydrogen-bond donors (Lipinski definition) is 2. The molecular formula is C22H27N3O2. The molecule has 5 heteroatoms. The van der Waals surface area contributed by atoms with E-state index in [0.29, 0.717) is 24.4 Å². The van der Waals surface area contributed by atoms with Crippen molar-refractivity contribution in [3.63, 3.8) is 0 Å². The Balaban J connectivity index is 1.58. The molecule has 0 spiro atoms. The van der Waals surface area contributed by atoms with Gasteiger partial charge in [-0.25, -0.2) is 0 Å². The van der Waals surface area contributed by atoms with Gasteiger partial charge >= 0.3 is 0 Å². The molecule has 3 rings (SSSR count). The number of amides is 2. The van der Waals surface area contributed by atoms with E-state index in [1.54, 1.807) is 17.0 Å². The number of carbonyl (C=O) groups excluding carboxylic acids is 2. The SMILES string of the molecule is CC(C)C(CNC(=O)c1ccc(N2CCCC2=O)cc1)Nc1ccccc1. The zero-order valence-electron chi connectivity index (χ0n) is 15.9. The van der Waals surface area contributed by atoms with Crippen molar-refractivity contribution in [3.05, 3.63) is 60.2 Å². The van der Waals surface area contributed by atoms with Crippen LogP contribution in [0.15, 0.2) is 54.6 Å². The molecule has 5 nitrogen and oxygen atoms in total. The first-order chi connectivity index (χ1) is 13.0. The topological polar surface area (TPSA) is 61.4 Å². The van der Waals surface area contributed by atoms with Gasteiger partial charge in [-0.05, 0) is 48.7 Å². The molecule has 0 bridgehead atoms. The van der Waals surface area contributed by atoms with Crippen molar-refractivity contribution in [2.45, 2.75) is 32.7 Å². The molecule has 1 heterocycles. The Bertz CT molecular complexity index is 772. The van der Waals surface area contributed by atoms with E-state index in [4.69, 9.17) is 0 Å². The highest BCUT2D eigenvalue weighted by atomic mass is 16.2. The minimum atomic E-state index is -0.102. The van der Waals surface area contributed by atoms with Crippen molar-refractivity contribution in [2.24, 2.45) is 5.92 Å². The monoisotopic (exact) mass is 365 g/mol. The highest BCUT2D eigenvalue weighted by molar-refractivity contribution is 5.97. The third-order valence-electron chi connectivity index (χ3n) is 4.93. The number of rotatable bonds is 7. The Morgan fingerprint density at radius 2 is 1.78 bits per heavy atom. The average Bonchev–Trinajstić information content (AvgIpc) is 3.11. The second kappa shape index (κ2) is 8.71. The predicted molar refractivity (Wildman–Crippen MR) is 109 cm³/mol. The summed E-state index contributed by atoms with van der Waals surface area (Å²) in [7, 11) is 0. The van der Waals surface area contributed by atoms with Gasteiger partial charge in [-0.15, -0.1) is 0 Å². The van der Waals surface area contributed by atoms with Gasteiger partial charge in [0.15, 0.2) is 0 Å². The third kappa shape index (κ3) is 4.88. The van der Waals surface area contributed by atoms with Crippen LogP contribution in [0, 0.1) is 5.92 Å². The Hall–Kier alpha value is -2.82. The summed E-state index contributed by atoms with van der Waals surface area (Å²) >= 11 is 0. The predicted octanol–water partition coefficient (Wildman–Crippen LogP) is 3.68. The lowest BCUT2D eigenvalue weighted by Crippen LogP contribution is -2.39. The summed E-state index contributed by atoms with van der Waals surface area (Å²) < 4.78 is 0. The van der Waals surface area contributed by atoms with Gasteiger partial charge in [-0.1, -0.05) is 32.0 Å². The van der Waals surface area contributed by atoms with Crippen molar-refractivity contribution < 1.29 is 9.59 Å². The molecule has 0 aromatic heterocycles. The Labute approximate surface area is 160 Å². The van der Waals surface area contributed by atoms with Crippen molar-refractivity contribution in [3.8, 4) is 0 Å². The van der Waals surface area contributed by atoms with Crippen LogP contribution >= 0.6 is 0 Å². The second-order valence-electron chi connectivity index (χ2n) is 7.27. The van der Waals surface area contributed by atoms with Crippen LogP contribution in [0.2, 0.25) is 0 Å². The molecule has 1 unspecified atom stereocenters. The molecule has 0 aliphatic carbocycles. The van der Waals surface area contributed by atoms with Crippen molar-refractivity contribution in [2.75, 3.05) is 23.3 Å². The Morgan fingerprint density at radius 3 is 2.37 bits per heavy atom. The van der Waals surface area contributed by atoms with Crippen LogP contribution in [0.25, 0.3) is 0 Å². The van der Waals surface area contributed by atoms with Gasteiger partial charge < -0.3 is 15.5 Å². The molecule has 2 aromatic rings. The molecule has 1 aliphatic rings. The van der Waals surface area contributed by atoms with Crippen molar-refractivity contribution in [1.82, 2.24) is 5.32 Å². The van der Waals surface area contributed by atoms with Gasteiger partial charge in [0, 0.05) is 42.5 Å². The minimum Gasteiger partial charge on any atom is -0.380 e. The molecule has 1 saturated heterocycles. The molecule has 1 atom stereocenters. The molecule has 1 aliphatic heterocycles. The van der Waals surface area contributed by atoms with E-state index in [1.165, 1.54) is 0 Å². The van der Waals surface area contributed by atoms with Gasteiger partial charge in [-0.2, -0.15) is 0 Å². The molecular weight excluding hydrogens is 338 g/mol. The lowest BCUT2D eigenvalue weighted by atomic mass is 10.0. The number of nitrogens with zero attached hydrogens (tertiary/aromatic N) is 1. The Morgan fingerprint density at radius 1 is 1.07 bits per heavy atom. The lowest BCUT2D eigenvalue weighted by Gasteiger charge is -2.24. The zero-order valence-corrected chi connectivity index (χ0v) is 15.9. The van der Waals surface area contributed by atoms with E-state index >= 15 is 0 Å². The van der Waals surface area contributed by atoms with Crippen LogP contribution < -0.4 is 15.5 Å². The van der Waals surface area contributed by atoms with E-state index in [-0.39, 0.29) is 17.9 Å². The molecule has 27 heavy (non-hydrogen) atoms. The molecule has 1 fully saturated rings. The van der Waals surface area contributed by atoms with E-state index in [0.717, 1.165) is 24.3 Å². The molecule has 2 N–H and O–H groups in total. The summed E-state index contributed by atoms with van der Waals surface area (Å²) in [5.41, 5.74) is 2.51. The summed E-state index contributed by atoms with van der Waals surface area (Å²) in [5.74, 6) is 0.419. The fourth-order valence-corrected chi connectivity index (χ4v) is 3.22. The van der Waals surface area contributed by atoms with Crippen LogP contribution in [0.5, 0.6) is 0 Å². The van der Waals surface area contributed by atoms with Crippen LogP contribution in [0.1, 0.15) is 37.0 Å². The van der Waals surface area contributed by atoms with Crippen LogP contribution in [-0.2, 0) is 4.79 Å². The van der Waals surface area contributed by atoms with Crippen molar-refractivity contribution in [1.29, 1.82) is 0 Å². The second-order valence-corrected chi connectivity index (χ2v) is 7.27. The maximum Gasteiger partial charge on any atom is 0.251 e.